The van der Waals surface area contributed by atoms with Crippen LogP contribution in [0.5, 0.6) is 0 Å². The molecule has 0 radical (unpaired) electrons. The van der Waals surface area contributed by atoms with E-state index in [1.807, 2.05) is 12.1 Å². The number of allylic oxidation sites excluding steroid dienone is 2. The molecular weight excluding hydrogens is 310 g/mol. The molecule has 3 nitrogen and oxygen atoms in total. The van der Waals surface area contributed by atoms with Crippen molar-refractivity contribution in [1.29, 1.82) is 0 Å². The van der Waals surface area contributed by atoms with Crippen molar-refractivity contribution in [3.8, 4) is 11.1 Å². The van der Waals surface area contributed by atoms with Gasteiger partial charge >= 0.3 is 0 Å². The van der Waals surface area contributed by atoms with Gasteiger partial charge in [-0.1, -0.05) is 18.2 Å². The summed E-state index contributed by atoms with van der Waals surface area (Å²) in [6, 6.07) is 7.71. The molecule has 0 saturated carbocycles. The molecule has 0 bridgehead atoms. The normalized spacial score (nSPS) is 14.9. The zero-order valence-corrected chi connectivity index (χ0v) is 12.8. The lowest BCUT2D eigenvalue weighted by Crippen LogP contribution is -2.02. The highest BCUT2D eigenvalue weighted by atomic mass is 19.2. The zero-order chi connectivity index (χ0) is 16.7. The van der Waals surface area contributed by atoms with Crippen molar-refractivity contribution < 1.29 is 13.6 Å². The van der Waals surface area contributed by atoms with Gasteiger partial charge < -0.3 is 4.98 Å². The third-order valence-electron chi connectivity index (χ3n) is 4.37. The second-order valence-electron chi connectivity index (χ2n) is 5.88. The van der Waals surface area contributed by atoms with Gasteiger partial charge in [0.1, 0.15) is 11.4 Å². The van der Waals surface area contributed by atoms with Crippen molar-refractivity contribution in [1.82, 2.24) is 9.97 Å². The summed E-state index contributed by atoms with van der Waals surface area (Å²) in [5.74, 6) is -1.51. The number of carbonyl (C=O) groups is 1. The highest BCUT2D eigenvalue weighted by Crippen LogP contribution is 2.33. The minimum absolute atomic E-state index is 0.209. The summed E-state index contributed by atoms with van der Waals surface area (Å²) >= 11 is 0. The molecule has 0 amide bonds. The van der Waals surface area contributed by atoms with Gasteiger partial charge in [-0.3, -0.25) is 4.79 Å². The number of nitrogens with zero attached hydrogens (tertiary/aromatic N) is 1. The lowest BCUT2D eigenvalue weighted by Gasteiger charge is -2.09. The number of aromatic amines is 1. The van der Waals surface area contributed by atoms with Crippen molar-refractivity contribution in [2.24, 2.45) is 0 Å². The van der Waals surface area contributed by atoms with E-state index in [9.17, 15) is 13.6 Å². The summed E-state index contributed by atoms with van der Waals surface area (Å²) < 4.78 is 27.7. The Kier molecular flexibility index (Phi) is 3.49. The number of halogens is 2. The average molecular weight is 324 g/mol. The summed E-state index contributed by atoms with van der Waals surface area (Å²) in [5.41, 5.74) is 3.34. The number of ketones is 1. The molecule has 0 aliphatic heterocycles. The predicted octanol–water partition coefficient (Wildman–Crippen LogP) is 4.64. The number of fused-ring (bicyclic) bond motifs is 1. The van der Waals surface area contributed by atoms with E-state index in [4.69, 9.17) is 0 Å². The summed E-state index contributed by atoms with van der Waals surface area (Å²) in [7, 11) is 0. The highest BCUT2D eigenvalue weighted by molar-refractivity contribution is 5.96. The number of hydrogen-bond donors (Lipinski definition) is 1. The van der Waals surface area contributed by atoms with Crippen molar-refractivity contribution in [2.75, 3.05) is 0 Å². The molecule has 1 aliphatic carbocycles. The molecule has 4 rings (SSSR count). The van der Waals surface area contributed by atoms with E-state index in [2.05, 4.69) is 9.97 Å². The number of hydrogen-bond acceptors (Lipinski definition) is 2. The molecule has 0 unspecified atom stereocenters. The van der Waals surface area contributed by atoms with Crippen LogP contribution < -0.4 is 0 Å². The fourth-order valence-electron chi connectivity index (χ4n) is 3.11. The van der Waals surface area contributed by atoms with Crippen molar-refractivity contribution in [3.05, 3.63) is 59.9 Å². The summed E-state index contributed by atoms with van der Waals surface area (Å²) in [4.78, 5) is 18.9. The molecule has 1 N–H and O–H groups in total. The zero-order valence-electron chi connectivity index (χ0n) is 12.8. The van der Waals surface area contributed by atoms with Gasteiger partial charge in [-0.05, 0) is 35.8 Å². The first kappa shape index (κ1) is 14.8. The van der Waals surface area contributed by atoms with E-state index in [0.29, 0.717) is 30.5 Å². The molecule has 0 atom stereocenters. The molecule has 5 heteroatoms. The van der Waals surface area contributed by atoms with Crippen LogP contribution in [-0.4, -0.2) is 15.8 Å². The monoisotopic (exact) mass is 324 g/mol. The minimum atomic E-state index is -0.873. The first-order valence-electron chi connectivity index (χ1n) is 7.76. The standard InChI is InChI=1S/C19H14F2N2O/c20-16-3-1-2-14(18(16)21)13-8-9-22-19-15(13)10-17(23-19)11-4-6-12(24)7-5-11/h1-4,8-10H,5-7H2,(H,22,23). The summed E-state index contributed by atoms with van der Waals surface area (Å²) in [6.07, 6.45) is 5.12. The van der Waals surface area contributed by atoms with Crippen LogP contribution in [0, 0.1) is 11.6 Å². The molecular formula is C19H14F2N2O. The van der Waals surface area contributed by atoms with E-state index in [1.54, 1.807) is 18.3 Å². The molecule has 0 saturated heterocycles. The van der Waals surface area contributed by atoms with E-state index in [-0.39, 0.29) is 11.3 Å². The van der Waals surface area contributed by atoms with Gasteiger partial charge in [0.05, 0.1) is 0 Å². The fourth-order valence-corrected chi connectivity index (χ4v) is 3.11. The minimum Gasteiger partial charge on any atom is -0.339 e. The Balaban J connectivity index is 1.86. The van der Waals surface area contributed by atoms with E-state index in [0.717, 1.165) is 22.7 Å². The highest BCUT2D eigenvalue weighted by Gasteiger charge is 2.17. The van der Waals surface area contributed by atoms with E-state index >= 15 is 0 Å². The Morgan fingerprint density at radius 3 is 2.75 bits per heavy atom. The lowest BCUT2D eigenvalue weighted by molar-refractivity contribution is -0.118. The molecule has 0 fully saturated rings. The van der Waals surface area contributed by atoms with Crippen LogP contribution in [0.1, 0.15) is 25.0 Å². The second-order valence-corrected chi connectivity index (χ2v) is 5.88. The Hall–Kier alpha value is -2.82. The van der Waals surface area contributed by atoms with Crippen LogP contribution >= 0.6 is 0 Å². The smallest absolute Gasteiger partial charge is 0.166 e. The summed E-state index contributed by atoms with van der Waals surface area (Å²) in [5, 5.41) is 0.731. The Morgan fingerprint density at radius 2 is 1.96 bits per heavy atom. The molecule has 1 aliphatic rings. The fraction of sp³-hybridized carbons (Fsp3) is 0.158. The molecule has 3 aromatic rings. The predicted molar refractivity (Wildman–Crippen MR) is 88.3 cm³/mol. The second kappa shape index (κ2) is 5.67. The van der Waals surface area contributed by atoms with Gasteiger partial charge in [-0.2, -0.15) is 0 Å². The van der Waals surface area contributed by atoms with Crippen LogP contribution in [0.3, 0.4) is 0 Å². The van der Waals surface area contributed by atoms with Crippen molar-refractivity contribution >= 4 is 22.4 Å². The number of pyridine rings is 1. The number of carbonyl (C=O) groups excluding carboxylic acids is 1. The molecule has 24 heavy (non-hydrogen) atoms. The third kappa shape index (κ3) is 2.42. The first-order valence-corrected chi connectivity index (χ1v) is 7.76. The van der Waals surface area contributed by atoms with Crippen LogP contribution in [0.2, 0.25) is 0 Å². The molecule has 0 spiro atoms. The van der Waals surface area contributed by atoms with Gasteiger partial charge in [-0.15, -0.1) is 0 Å². The van der Waals surface area contributed by atoms with Crippen LogP contribution in [0.15, 0.2) is 42.6 Å². The van der Waals surface area contributed by atoms with Gasteiger partial charge in [0, 0.05) is 35.7 Å². The number of H-pyrrole nitrogens is 1. The van der Waals surface area contributed by atoms with Gasteiger partial charge in [0.25, 0.3) is 0 Å². The van der Waals surface area contributed by atoms with Gasteiger partial charge in [0.2, 0.25) is 0 Å². The van der Waals surface area contributed by atoms with Crippen LogP contribution in [0.4, 0.5) is 8.78 Å². The topological polar surface area (TPSA) is 45.8 Å². The number of nitrogens with one attached hydrogen (secondary N) is 1. The number of aromatic nitrogens is 2. The van der Waals surface area contributed by atoms with E-state index in [1.165, 1.54) is 6.07 Å². The lowest BCUT2D eigenvalue weighted by atomic mass is 9.96. The molecule has 2 aromatic heterocycles. The Morgan fingerprint density at radius 1 is 1.08 bits per heavy atom. The number of benzene rings is 1. The summed E-state index contributed by atoms with van der Waals surface area (Å²) in [6.45, 7) is 0. The van der Waals surface area contributed by atoms with Crippen LogP contribution in [-0.2, 0) is 4.79 Å². The largest absolute Gasteiger partial charge is 0.339 e. The molecule has 120 valence electrons. The van der Waals surface area contributed by atoms with Crippen molar-refractivity contribution in [3.63, 3.8) is 0 Å². The molecule has 2 heterocycles. The first-order chi connectivity index (χ1) is 11.6. The maximum Gasteiger partial charge on any atom is 0.166 e. The maximum absolute atomic E-state index is 14.2. The van der Waals surface area contributed by atoms with Crippen molar-refractivity contribution in [2.45, 2.75) is 19.3 Å². The Labute approximate surface area is 137 Å². The SMILES string of the molecule is O=C1CC=C(c2cc3c(-c4cccc(F)c4F)ccnc3[nH]2)CC1. The van der Waals surface area contributed by atoms with Gasteiger partial charge in [-0.25, -0.2) is 13.8 Å². The Bertz CT molecular complexity index is 988. The molecule has 1 aromatic carbocycles. The number of Topliss-reactive ketones (excluding diaryl/α,β-unsaturated/α-hetero) is 1. The quantitative estimate of drug-likeness (QED) is 0.746. The van der Waals surface area contributed by atoms with E-state index < -0.39 is 11.6 Å². The average Bonchev–Trinajstić information content (AvgIpc) is 3.02. The van der Waals surface area contributed by atoms with Crippen LogP contribution in [0.25, 0.3) is 27.7 Å². The number of rotatable bonds is 2. The third-order valence-corrected chi connectivity index (χ3v) is 4.37. The maximum atomic E-state index is 14.2. The van der Waals surface area contributed by atoms with Gasteiger partial charge in [0.15, 0.2) is 11.6 Å².